The third-order valence-corrected chi connectivity index (χ3v) is 3.67. The molecule has 0 bridgehead atoms. The van der Waals surface area contributed by atoms with Gasteiger partial charge in [-0.05, 0) is 30.7 Å². The van der Waals surface area contributed by atoms with Crippen molar-refractivity contribution in [2.75, 3.05) is 5.73 Å². The van der Waals surface area contributed by atoms with Gasteiger partial charge in [0, 0.05) is 25.4 Å². The number of anilines is 1. The molecule has 1 aromatic carbocycles. The first-order chi connectivity index (χ1) is 8.84. The molecule has 18 heavy (non-hydrogen) atoms. The van der Waals surface area contributed by atoms with Gasteiger partial charge in [0.2, 0.25) is 0 Å². The highest BCUT2D eigenvalue weighted by atomic mass is 15.1. The van der Waals surface area contributed by atoms with Gasteiger partial charge in [0.15, 0.2) is 0 Å². The number of nitrogens with zero attached hydrogens (tertiary/aromatic N) is 3. The first kappa shape index (κ1) is 9.76. The molecular formula is C14H14N4. The van der Waals surface area contributed by atoms with E-state index < -0.39 is 0 Å². The van der Waals surface area contributed by atoms with E-state index in [1.54, 1.807) is 0 Å². The van der Waals surface area contributed by atoms with Crippen molar-refractivity contribution in [2.45, 2.75) is 19.4 Å². The molecule has 90 valence electrons. The molecule has 1 aliphatic rings. The van der Waals surface area contributed by atoms with Gasteiger partial charge in [-0.1, -0.05) is 0 Å². The maximum Gasteiger partial charge on any atom is 0.109 e. The van der Waals surface area contributed by atoms with Crippen LogP contribution in [0, 0.1) is 0 Å². The van der Waals surface area contributed by atoms with Gasteiger partial charge >= 0.3 is 0 Å². The zero-order chi connectivity index (χ0) is 12.1. The molecule has 4 rings (SSSR count). The van der Waals surface area contributed by atoms with Crippen LogP contribution in [0.4, 0.5) is 5.69 Å². The molecular weight excluding hydrogens is 224 g/mol. The number of aryl methyl sites for hydroxylation is 2. The largest absolute Gasteiger partial charge is 0.395 e. The Hall–Kier alpha value is -2.23. The Morgan fingerprint density at radius 3 is 2.83 bits per heavy atom. The fourth-order valence-electron chi connectivity index (χ4n) is 2.84. The maximum atomic E-state index is 6.35. The van der Waals surface area contributed by atoms with E-state index in [2.05, 4.69) is 15.6 Å². The van der Waals surface area contributed by atoms with Crippen molar-refractivity contribution >= 4 is 16.7 Å². The van der Waals surface area contributed by atoms with Crippen LogP contribution >= 0.6 is 0 Å². The monoisotopic (exact) mass is 238 g/mol. The topological polar surface area (TPSA) is 48.8 Å². The van der Waals surface area contributed by atoms with Gasteiger partial charge in [-0.2, -0.15) is 0 Å². The summed E-state index contributed by atoms with van der Waals surface area (Å²) in [6.07, 6.45) is 6.26. The van der Waals surface area contributed by atoms with E-state index in [-0.39, 0.29) is 0 Å². The normalized spacial score (nSPS) is 14.2. The number of nitrogen functional groups attached to an aromatic ring is 1. The van der Waals surface area contributed by atoms with Crippen molar-refractivity contribution < 1.29 is 0 Å². The lowest BCUT2D eigenvalue weighted by atomic mass is 10.2. The minimum absolute atomic E-state index is 0.823. The van der Waals surface area contributed by atoms with E-state index in [0.717, 1.165) is 35.4 Å². The fourth-order valence-corrected chi connectivity index (χ4v) is 2.84. The van der Waals surface area contributed by atoms with Gasteiger partial charge in [0.1, 0.15) is 5.82 Å². The summed E-state index contributed by atoms with van der Waals surface area (Å²) in [6.45, 7) is 1.03. The summed E-state index contributed by atoms with van der Waals surface area (Å²) >= 11 is 0. The van der Waals surface area contributed by atoms with Crippen LogP contribution in [0.5, 0.6) is 0 Å². The summed E-state index contributed by atoms with van der Waals surface area (Å²) in [5, 5.41) is 0. The number of benzene rings is 1. The van der Waals surface area contributed by atoms with Crippen LogP contribution in [-0.4, -0.2) is 14.1 Å². The Morgan fingerprint density at radius 1 is 1.17 bits per heavy atom. The van der Waals surface area contributed by atoms with Gasteiger partial charge in [0.25, 0.3) is 0 Å². The number of hydrogen-bond donors (Lipinski definition) is 1. The first-order valence-corrected chi connectivity index (χ1v) is 6.25. The molecule has 3 aromatic rings. The average Bonchev–Trinajstić information content (AvgIpc) is 3.04. The van der Waals surface area contributed by atoms with Crippen LogP contribution in [0.3, 0.4) is 0 Å². The van der Waals surface area contributed by atoms with E-state index >= 15 is 0 Å². The third-order valence-electron chi connectivity index (χ3n) is 3.67. The van der Waals surface area contributed by atoms with Gasteiger partial charge in [-0.15, -0.1) is 0 Å². The molecule has 0 amide bonds. The second kappa shape index (κ2) is 3.38. The zero-order valence-corrected chi connectivity index (χ0v) is 10.0. The van der Waals surface area contributed by atoms with Crippen LogP contribution in [-0.2, 0) is 13.0 Å². The summed E-state index contributed by atoms with van der Waals surface area (Å²) in [4.78, 5) is 4.65. The molecule has 0 fully saturated rings. The maximum absolute atomic E-state index is 6.35. The molecule has 0 unspecified atom stereocenters. The number of fused-ring (bicyclic) bond motifs is 3. The number of nitrogens with two attached hydrogens (primary N) is 1. The number of rotatable bonds is 1. The Balaban J connectivity index is 2.05. The summed E-state index contributed by atoms with van der Waals surface area (Å²) in [7, 11) is 0. The van der Waals surface area contributed by atoms with E-state index in [9.17, 15) is 0 Å². The molecule has 0 saturated heterocycles. The quantitative estimate of drug-likeness (QED) is 0.661. The van der Waals surface area contributed by atoms with Gasteiger partial charge in [-0.3, -0.25) is 0 Å². The average molecular weight is 238 g/mol. The predicted molar refractivity (Wildman–Crippen MR) is 71.8 cm³/mol. The molecule has 4 nitrogen and oxygen atoms in total. The van der Waals surface area contributed by atoms with Crippen LogP contribution in [0.2, 0.25) is 0 Å². The molecule has 2 N–H and O–H groups in total. The molecule has 2 aromatic heterocycles. The standard InChI is InChI=1S/C14H14N4/c15-13-11(17-7-1-2-8-17)6-5-10-14(13)18-9-3-4-12(18)16-10/h1-2,5-8H,3-4,9,15H2. The van der Waals surface area contributed by atoms with Crippen LogP contribution < -0.4 is 5.73 Å². The minimum atomic E-state index is 0.823. The van der Waals surface area contributed by atoms with E-state index in [1.807, 2.05) is 35.2 Å². The van der Waals surface area contributed by atoms with Crippen molar-refractivity contribution in [2.24, 2.45) is 0 Å². The number of aromatic nitrogens is 3. The Labute approximate surface area is 105 Å². The van der Waals surface area contributed by atoms with Crippen molar-refractivity contribution in [1.29, 1.82) is 0 Å². The highest BCUT2D eigenvalue weighted by molar-refractivity contribution is 5.92. The Bertz CT molecular complexity index is 722. The van der Waals surface area contributed by atoms with Crippen molar-refractivity contribution in [1.82, 2.24) is 14.1 Å². The lowest BCUT2D eigenvalue weighted by Crippen LogP contribution is -2.01. The summed E-state index contributed by atoms with van der Waals surface area (Å²) in [6, 6.07) is 8.11. The van der Waals surface area contributed by atoms with E-state index in [4.69, 9.17) is 5.73 Å². The van der Waals surface area contributed by atoms with Crippen LogP contribution in [0.15, 0.2) is 36.7 Å². The molecule has 0 spiro atoms. The molecule has 0 aliphatic carbocycles. The fraction of sp³-hybridized carbons (Fsp3) is 0.214. The summed E-state index contributed by atoms with van der Waals surface area (Å²) in [5.74, 6) is 1.17. The SMILES string of the molecule is Nc1c(-n2cccc2)ccc2nc3n(c12)CCC3. The van der Waals surface area contributed by atoms with Crippen molar-refractivity contribution in [3.05, 3.63) is 42.5 Å². The Kier molecular flexibility index (Phi) is 1.84. The number of imidazole rings is 1. The first-order valence-electron chi connectivity index (χ1n) is 6.25. The molecule has 0 saturated carbocycles. The van der Waals surface area contributed by atoms with Crippen LogP contribution in [0.1, 0.15) is 12.2 Å². The molecule has 3 heterocycles. The van der Waals surface area contributed by atoms with Gasteiger partial charge in [-0.25, -0.2) is 4.98 Å². The second-order valence-corrected chi connectivity index (χ2v) is 4.74. The lowest BCUT2D eigenvalue weighted by molar-refractivity contribution is 0.772. The van der Waals surface area contributed by atoms with Gasteiger partial charge < -0.3 is 14.9 Å². The molecule has 0 atom stereocenters. The second-order valence-electron chi connectivity index (χ2n) is 4.74. The molecule has 4 heteroatoms. The van der Waals surface area contributed by atoms with Crippen LogP contribution in [0.25, 0.3) is 16.7 Å². The molecule has 0 radical (unpaired) electrons. The smallest absolute Gasteiger partial charge is 0.109 e. The molecule has 1 aliphatic heterocycles. The van der Waals surface area contributed by atoms with Crippen molar-refractivity contribution in [3.63, 3.8) is 0 Å². The van der Waals surface area contributed by atoms with Gasteiger partial charge in [0.05, 0.1) is 22.4 Å². The van der Waals surface area contributed by atoms with E-state index in [0.29, 0.717) is 0 Å². The minimum Gasteiger partial charge on any atom is -0.395 e. The third kappa shape index (κ3) is 1.17. The summed E-state index contributed by atoms with van der Waals surface area (Å²) < 4.78 is 4.31. The highest BCUT2D eigenvalue weighted by Crippen LogP contribution is 2.31. The van der Waals surface area contributed by atoms with E-state index in [1.165, 1.54) is 12.2 Å². The predicted octanol–water partition coefficient (Wildman–Crippen LogP) is 2.36. The van der Waals surface area contributed by atoms with Crippen molar-refractivity contribution in [3.8, 4) is 5.69 Å². The summed E-state index contributed by atoms with van der Waals surface area (Å²) in [5.41, 5.74) is 10.3. The zero-order valence-electron chi connectivity index (χ0n) is 10.0. The highest BCUT2D eigenvalue weighted by Gasteiger charge is 2.19. The lowest BCUT2D eigenvalue weighted by Gasteiger charge is -2.09. The Morgan fingerprint density at radius 2 is 2.00 bits per heavy atom. The number of hydrogen-bond acceptors (Lipinski definition) is 2.